The van der Waals surface area contributed by atoms with Crippen LogP contribution in [0.3, 0.4) is 0 Å². The zero-order valence-corrected chi connectivity index (χ0v) is 18.3. The summed E-state index contributed by atoms with van der Waals surface area (Å²) in [5.74, 6) is 5.05. The lowest BCUT2D eigenvalue weighted by Gasteiger charge is -2.64. The molecule has 4 saturated carbocycles. The Balaban J connectivity index is 1.67. The van der Waals surface area contributed by atoms with E-state index in [0.29, 0.717) is 29.8 Å². The molecule has 0 aromatic carbocycles. The van der Waals surface area contributed by atoms with Crippen LogP contribution in [0.1, 0.15) is 91.9 Å². The summed E-state index contributed by atoms with van der Waals surface area (Å²) in [7, 11) is 0. The van der Waals surface area contributed by atoms with Crippen molar-refractivity contribution in [3.8, 4) is 0 Å². The molecule has 0 spiro atoms. The number of hydrogen-bond acceptors (Lipinski definition) is 2. The Morgan fingerprint density at radius 3 is 2.52 bits per heavy atom. The van der Waals surface area contributed by atoms with Crippen molar-refractivity contribution in [2.45, 2.75) is 98.0 Å². The van der Waals surface area contributed by atoms with E-state index in [1.54, 1.807) is 0 Å². The molecule has 0 aliphatic heterocycles. The highest BCUT2D eigenvalue weighted by molar-refractivity contribution is 5.13. The van der Waals surface area contributed by atoms with E-state index in [1.807, 2.05) is 0 Å². The van der Waals surface area contributed by atoms with E-state index in [9.17, 15) is 10.2 Å². The third kappa shape index (κ3) is 2.95. The first-order valence-electron chi connectivity index (χ1n) is 12.2. The van der Waals surface area contributed by atoms with Gasteiger partial charge in [-0.3, -0.25) is 0 Å². The number of hydrogen-bond donors (Lipinski definition) is 2. The molecule has 27 heavy (non-hydrogen) atoms. The largest absolute Gasteiger partial charge is 0.396 e. The van der Waals surface area contributed by atoms with Crippen LogP contribution in [0.25, 0.3) is 0 Å². The first-order chi connectivity index (χ1) is 12.9. The Hall–Kier alpha value is -0.0800. The van der Waals surface area contributed by atoms with Gasteiger partial charge in [0.15, 0.2) is 0 Å². The van der Waals surface area contributed by atoms with Crippen LogP contribution >= 0.6 is 0 Å². The summed E-state index contributed by atoms with van der Waals surface area (Å²) < 4.78 is 0. The van der Waals surface area contributed by atoms with Gasteiger partial charge < -0.3 is 10.2 Å². The molecule has 0 saturated heterocycles. The molecule has 0 aromatic rings. The minimum atomic E-state index is -0.110. The van der Waals surface area contributed by atoms with Crippen molar-refractivity contribution in [3.05, 3.63) is 0 Å². The second kappa shape index (κ2) is 7.31. The molecule has 2 nitrogen and oxygen atoms in total. The van der Waals surface area contributed by atoms with Crippen LogP contribution in [-0.4, -0.2) is 22.9 Å². The standard InChI is InChI=1S/C25H44O2/c1-5-17-14-18-21-10-9-19(16(2)11-13-26)25(21,4)15-22(27)23(18)24(3)12-7-6-8-20(17)24/h16-23,26-27H,5-15H2,1-4H3/t16?,17-,18?,19?,20?,21?,22?,23?,24?,25?/m0/s1. The Morgan fingerprint density at radius 1 is 1.04 bits per heavy atom. The van der Waals surface area contributed by atoms with Crippen molar-refractivity contribution in [1.29, 1.82) is 0 Å². The molecule has 4 fully saturated rings. The second-order valence-electron chi connectivity index (χ2n) is 11.5. The molecule has 0 radical (unpaired) electrons. The summed E-state index contributed by atoms with van der Waals surface area (Å²) in [4.78, 5) is 0. The maximum Gasteiger partial charge on any atom is 0.0581 e. The van der Waals surface area contributed by atoms with Gasteiger partial charge in [-0.1, -0.05) is 47.0 Å². The highest BCUT2D eigenvalue weighted by Gasteiger charge is 2.64. The first kappa shape index (κ1) is 20.2. The summed E-state index contributed by atoms with van der Waals surface area (Å²) in [6.07, 6.45) is 12.7. The average molecular weight is 377 g/mol. The number of aliphatic hydroxyl groups is 2. The van der Waals surface area contributed by atoms with Gasteiger partial charge in [0.05, 0.1) is 6.10 Å². The molecular weight excluding hydrogens is 332 g/mol. The lowest BCUT2D eigenvalue weighted by atomic mass is 9.41. The molecular formula is C25H44O2. The van der Waals surface area contributed by atoms with Crippen LogP contribution in [0.5, 0.6) is 0 Å². The molecule has 156 valence electrons. The van der Waals surface area contributed by atoms with Crippen molar-refractivity contribution in [1.82, 2.24) is 0 Å². The molecule has 4 aliphatic rings. The fourth-order valence-electron chi connectivity index (χ4n) is 9.53. The highest BCUT2D eigenvalue weighted by atomic mass is 16.3. The molecule has 9 unspecified atom stereocenters. The van der Waals surface area contributed by atoms with Crippen LogP contribution in [-0.2, 0) is 0 Å². The van der Waals surface area contributed by atoms with Gasteiger partial charge >= 0.3 is 0 Å². The summed E-state index contributed by atoms with van der Waals surface area (Å²) in [6, 6.07) is 0. The minimum Gasteiger partial charge on any atom is -0.396 e. The molecule has 4 aliphatic carbocycles. The van der Waals surface area contributed by atoms with Crippen LogP contribution in [0.2, 0.25) is 0 Å². The van der Waals surface area contributed by atoms with E-state index in [-0.39, 0.29) is 11.5 Å². The monoisotopic (exact) mass is 376 g/mol. The van der Waals surface area contributed by atoms with Crippen LogP contribution in [0.15, 0.2) is 0 Å². The van der Waals surface area contributed by atoms with Crippen molar-refractivity contribution in [2.24, 2.45) is 52.3 Å². The van der Waals surface area contributed by atoms with Crippen LogP contribution in [0.4, 0.5) is 0 Å². The maximum atomic E-state index is 11.6. The molecule has 0 bridgehead atoms. The summed E-state index contributed by atoms with van der Waals surface area (Å²) in [6.45, 7) is 10.2. The summed E-state index contributed by atoms with van der Waals surface area (Å²) in [5, 5.41) is 21.1. The lowest BCUT2D eigenvalue weighted by Crippen LogP contribution is -2.60. The predicted molar refractivity (Wildman–Crippen MR) is 111 cm³/mol. The average Bonchev–Trinajstić information content (AvgIpc) is 2.97. The van der Waals surface area contributed by atoms with E-state index in [0.717, 1.165) is 36.5 Å². The first-order valence-corrected chi connectivity index (χ1v) is 12.2. The summed E-state index contributed by atoms with van der Waals surface area (Å²) >= 11 is 0. The van der Waals surface area contributed by atoms with Gasteiger partial charge in [-0.15, -0.1) is 0 Å². The van der Waals surface area contributed by atoms with E-state index in [4.69, 9.17) is 0 Å². The third-order valence-electron chi connectivity index (χ3n) is 10.6. The van der Waals surface area contributed by atoms with E-state index < -0.39 is 0 Å². The molecule has 4 rings (SSSR count). The van der Waals surface area contributed by atoms with Gasteiger partial charge in [0.25, 0.3) is 0 Å². The zero-order chi connectivity index (χ0) is 19.4. The van der Waals surface area contributed by atoms with Gasteiger partial charge in [-0.25, -0.2) is 0 Å². The third-order valence-corrected chi connectivity index (χ3v) is 10.6. The second-order valence-corrected chi connectivity index (χ2v) is 11.5. The lowest BCUT2D eigenvalue weighted by molar-refractivity contribution is -0.187. The maximum absolute atomic E-state index is 11.6. The van der Waals surface area contributed by atoms with Gasteiger partial charge in [0, 0.05) is 6.61 Å². The predicted octanol–water partition coefficient (Wildman–Crippen LogP) is 5.66. The number of rotatable bonds is 4. The van der Waals surface area contributed by atoms with Crippen molar-refractivity contribution >= 4 is 0 Å². The summed E-state index contributed by atoms with van der Waals surface area (Å²) in [5.41, 5.74) is 0.655. The van der Waals surface area contributed by atoms with E-state index in [2.05, 4.69) is 27.7 Å². The molecule has 2 heteroatoms. The molecule has 0 aromatic heterocycles. The molecule has 0 heterocycles. The van der Waals surface area contributed by atoms with Gasteiger partial charge in [-0.2, -0.15) is 0 Å². The molecule has 10 atom stereocenters. The Morgan fingerprint density at radius 2 is 1.81 bits per heavy atom. The number of fused-ring (bicyclic) bond motifs is 5. The van der Waals surface area contributed by atoms with Gasteiger partial charge in [0.1, 0.15) is 0 Å². The quantitative estimate of drug-likeness (QED) is 0.664. The SMILES string of the molecule is CC[C@H]1CC2C3CCC(C(C)CCO)C3(C)CC(O)C2C2(C)CCCCC12. The Bertz CT molecular complexity index is 532. The van der Waals surface area contributed by atoms with Crippen molar-refractivity contribution < 1.29 is 10.2 Å². The molecule has 0 amide bonds. The van der Waals surface area contributed by atoms with E-state index >= 15 is 0 Å². The fraction of sp³-hybridized carbons (Fsp3) is 1.00. The highest BCUT2D eigenvalue weighted by Crippen LogP contribution is 2.69. The zero-order valence-electron chi connectivity index (χ0n) is 18.3. The normalized spacial score (nSPS) is 53.3. The minimum absolute atomic E-state index is 0.110. The Kier molecular flexibility index (Phi) is 5.47. The molecule has 2 N–H and O–H groups in total. The van der Waals surface area contributed by atoms with Crippen LogP contribution in [0, 0.1) is 52.3 Å². The topological polar surface area (TPSA) is 40.5 Å². The smallest absolute Gasteiger partial charge is 0.0581 e. The Labute approximate surface area is 167 Å². The number of aliphatic hydroxyl groups excluding tert-OH is 2. The van der Waals surface area contributed by atoms with E-state index in [1.165, 1.54) is 51.4 Å². The van der Waals surface area contributed by atoms with Crippen molar-refractivity contribution in [2.75, 3.05) is 6.61 Å². The van der Waals surface area contributed by atoms with Crippen molar-refractivity contribution in [3.63, 3.8) is 0 Å². The fourth-order valence-corrected chi connectivity index (χ4v) is 9.53. The van der Waals surface area contributed by atoms with Gasteiger partial charge in [-0.05, 0) is 97.2 Å². The van der Waals surface area contributed by atoms with Gasteiger partial charge in [0.2, 0.25) is 0 Å². The van der Waals surface area contributed by atoms with Crippen LogP contribution < -0.4 is 0 Å².